The highest BCUT2D eigenvalue weighted by Gasteiger charge is 2.08. The average Bonchev–Trinajstić information content (AvgIpc) is 2.33. The van der Waals surface area contributed by atoms with Crippen molar-refractivity contribution in [2.24, 2.45) is 5.73 Å². The molecule has 0 spiro atoms. The Balaban J connectivity index is 2.31. The van der Waals surface area contributed by atoms with Gasteiger partial charge >= 0.3 is 0 Å². The second-order valence-electron chi connectivity index (χ2n) is 3.35. The number of ether oxygens (including phenoxy) is 1. The Morgan fingerprint density at radius 2 is 2.12 bits per heavy atom. The van der Waals surface area contributed by atoms with Gasteiger partial charge in [0.1, 0.15) is 10.8 Å². The van der Waals surface area contributed by atoms with E-state index in [0.29, 0.717) is 23.2 Å². The third-order valence-corrected chi connectivity index (χ3v) is 2.88. The van der Waals surface area contributed by atoms with Gasteiger partial charge in [-0.2, -0.15) is 0 Å². The number of halogens is 2. The molecule has 1 aromatic heterocycles. The Morgan fingerprint density at radius 1 is 1.35 bits per heavy atom. The van der Waals surface area contributed by atoms with Crippen molar-refractivity contribution in [2.45, 2.75) is 6.54 Å². The maximum Gasteiger partial charge on any atom is 0.238 e. The third-order valence-electron chi connectivity index (χ3n) is 2.17. The zero-order chi connectivity index (χ0) is 12.3. The lowest BCUT2D eigenvalue weighted by Crippen LogP contribution is -1.99. The smallest absolute Gasteiger partial charge is 0.238 e. The van der Waals surface area contributed by atoms with Crippen LogP contribution in [-0.4, -0.2) is 4.98 Å². The molecular formula is C12H10BrClN2O. The van der Waals surface area contributed by atoms with E-state index in [4.69, 9.17) is 22.1 Å². The van der Waals surface area contributed by atoms with Gasteiger partial charge in [-0.05, 0) is 28.1 Å². The van der Waals surface area contributed by atoms with Crippen LogP contribution in [0.2, 0.25) is 5.02 Å². The predicted molar refractivity (Wildman–Crippen MR) is 71.4 cm³/mol. The highest BCUT2D eigenvalue weighted by Crippen LogP contribution is 2.30. The van der Waals surface area contributed by atoms with E-state index in [9.17, 15) is 0 Å². The molecule has 0 aliphatic rings. The average molecular weight is 314 g/mol. The number of hydrogen-bond donors (Lipinski definition) is 1. The van der Waals surface area contributed by atoms with Crippen LogP contribution in [-0.2, 0) is 6.54 Å². The fraction of sp³-hybridized carbons (Fsp3) is 0.0833. The lowest BCUT2D eigenvalue weighted by molar-refractivity contribution is 0.457. The monoisotopic (exact) mass is 312 g/mol. The number of para-hydroxylation sites is 1. The predicted octanol–water partition coefficient (Wildman–Crippen LogP) is 3.75. The number of nitrogens with zero attached hydrogens (tertiary/aromatic N) is 1. The molecule has 0 aliphatic heterocycles. The molecule has 1 heterocycles. The van der Waals surface area contributed by atoms with Gasteiger partial charge in [-0.15, -0.1) is 0 Å². The summed E-state index contributed by atoms with van der Waals surface area (Å²) in [5, 5.41) is 0.450. The molecule has 0 saturated heterocycles. The Kier molecular flexibility index (Phi) is 3.99. The molecule has 0 saturated carbocycles. The molecule has 5 heteroatoms. The van der Waals surface area contributed by atoms with E-state index < -0.39 is 0 Å². The Hall–Kier alpha value is -1.10. The summed E-state index contributed by atoms with van der Waals surface area (Å²) in [6, 6.07) is 9.26. The third kappa shape index (κ3) is 2.97. The number of hydrogen-bond acceptors (Lipinski definition) is 3. The molecule has 0 aliphatic carbocycles. The SMILES string of the molecule is NCc1ccccc1Oc1ncc(Br)cc1Cl. The minimum absolute atomic E-state index is 0.371. The van der Waals surface area contributed by atoms with E-state index in [2.05, 4.69) is 20.9 Å². The van der Waals surface area contributed by atoms with Gasteiger partial charge < -0.3 is 10.5 Å². The maximum absolute atomic E-state index is 6.03. The first-order valence-corrected chi connectivity index (χ1v) is 6.14. The van der Waals surface area contributed by atoms with E-state index in [-0.39, 0.29) is 0 Å². The lowest BCUT2D eigenvalue weighted by atomic mass is 10.2. The molecule has 0 atom stereocenters. The molecule has 2 rings (SSSR count). The number of aromatic nitrogens is 1. The first-order chi connectivity index (χ1) is 8.20. The van der Waals surface area contributed by atoms with Crippen molar-refractivity contribution in [2.75, 3.05) is 0 Å². The molecule has 2 aromatic rings. The second kappa shape index (κ2) is 5.49. The zero-order valence-corrected chi connectivity index (χ0v) is 11.2. The van der Waals surface area contributed by atoms with Crippen LogP contribution in [0.1, 0.15) is 5.56 Å². The molecule has 1 aromatic carbocycles. The molecule has 2 N–H and O–H groups in total. The first-order valence-electron chi connectivity index (χ1n) is 4.97. The molecule has 0 unspecified atom stereocenters. The fourth-order valence-corrected chi connectivity index (χ4v) is 2.02. The van der Waals surface area contributed by atoms with Crippen molar-refractivity contribution >= 4 is 27.5 Å². The number of benzene rings is 1. The van der Waals surface area contributed by atoms with Crippen LogP contribution >= 0.6 is 27.5 Å². The number of rotatable bonds is 3. The van der Waals surface area contributed by atoms with E-state index in [1.807, 2.05) is 24.3 Å². The van der Waals surface area contributed by atoms with Gasteiger partial charge in [0, 0.05) is 22.8 Å². The molecule has 0 bridgehead atoms. The number of pyridine rings is 1. The standard InChI is InChI=1S/C12H10BrClN2O/c13-9-5-10(14)12(16-7-9)17-11-4-2-1-3-8(11)6-15/h1-5,7H,6,15H2. The van der Waals surface area contributed by atoms with Crippen molar-refractivity contribution in [1.82, 2.24) is 4.98 Å². The van der Waals surface area contributed by atoms with Crippen molar-refractivity contribution in [3.8, 4) is 11.6 Å². The zero-order valence-electron chi connectivity index (χ0n) is 8.86. The fourth-order valence-electron chi connectivity index (χ4n) is 1.35. The van der Waals surface area contributed by atoms with Crippen LogP contribution in [0, 0.1) is 0 Å². The van der Waals surface area contributed by atoms with Crippen LogP contribution < -0.4 is 10.5 Å². The van der Waals surface area contributed by atoms with Crippen molar-refractivity contribution in [3.63, 3.8) is 0 Å². The summed E-state index contributed by atoms with van der Waals surface area (Å²) in [4.78, 5) is 4.11. The molecule has 17 heavy (non-hydrogen) atoms. The molecule has 0 amide bonds. The molecular weight excluding hydrogens is 304 g/mol. The van der Waals surface area contributed by atoms with Gasteiger partial charge in [0.2, 0.25) is 5.88 Å². The van der Waals surface area contributed by atoms with E-state index in [0.717, 1.165) is 10.0 Å². The Bertz CT molecular complexity index is 534. The van der Waals surface area contributed by atoms with Gasteiger partial charge in [-0.25, -0.2) is 4.98 Å². The highest BCUT2D eigenvalue weighted by molar-refractivity contribution is 9.10. The largest absolute Gasteiger partial charge is 0.437 e. The second-order valence-corrected chi connectivity index (χ2v) is 4.68. The van der Waals surface area contributed by atoms with Crippen molar-refractivity contribution < 1.29 is 4.74 Å². The summed E-state index contributed by atoms with van der Waals surface area (Å²) >= 11 is 9.31. The summed E-state index contributed by atoms with van der Waals surface area (Å²) in [6.45, 7) is 0.407. The van der Waals surface area contributed by atoms with Gasteiger partial charge in [0.25, 0.3) is 0 Å². The van der Waals surface area contributed by atoms with E-state index >= 15 is 0 Å². The van der Waals surface area contributed by atoms with Gasteiger partial charge in [-0.3, -0.25) is 0 Å². The summed E-state index contributed by atoms with van der Waals surface area (Å²) in [6.07, 6.45) is 1.63. The van der Waals surface area contributed by atoms with Crippen molar-refractivity contribution in [3.05, 3.63) is 51.6 Å². The lowest BCUT2D eigenvalue weighted by Gasteiger charge is -2.09. The Labute approximate surface area is 113 Å². The minimum atomic E-state index is 0.371. The highest BCUT2D eigenvalue weighted by atomic mass is 79.9. The number of nitrogens with two attached hydrogens (primary N) is 1. The molecule has 0 radical (unpaired) electrons. The molecule has 88 valence electrons. The first kappa shape index (κ1) is 12.4. The Morgan fingerprint density at radius 3 is 2.82 bits per heavy atom. The van der Waals surface area contributed by atoms with Crippen LogP contribution in [0.4, 0.5) is 0 Å². The molecule has 3 nitrogen and oxygen atoms in total. The van der Waals surface area contributed by atoms with E-state index in [1.54, 1.807) is 12.3 Å². The van der Waals surface area contributed by atoms with Gasteiger partial charge in [-0.1, -0.05) is 29.8 Å². The normalized spacial score (nSPS) is 10.3. The molecule has 0 fully saturated rings. The van der Waals surface area contributed by atoms with Crippen LogP contribution in [0.15, 0.2) is 41.0 Å². The van der Waals surface area contributed by atoms with Gasteiger partial charge in [0.05, 0.1) is 0 Å². The minimum Gasteiger partial charge on any atom is -0.437 e. The van der Waals surface area contributed by atoms with Gasteiger partial charge in [0.15, 0.2) is 0 Å². The summed E-state index contributed by atoms with van der Waals surface area (Å²) in [7, 11) is 0. The van der Waals surface area contributed by atoms with Crippen LogP contribution in [0.25, 0.3) is 0 Å². The van der Waals surface area contributed by atoms with E-state index in [1.165, 1.54) is 0 Å². The summed E-state index contributed by atoms with van der Waals surface area (Å²) < 4.78 is 6.45. The quantitative estimate of drug-likeness (QED) is 0.939. The van der Waals surface area contributed by atoms with Crippen LogP contribution in [0.5, 0.6) is 11.6 Å². The van der Waals surface area contributed by atoms with Crippen LogP contribution in [0.3, 0.4) is 0 Å². The van der Waals surface area contributed by atoms with Crippen molar-refractivity contribution in [1.29, 1.82) is 0 Å². The maximum atomic E-state index is 6.03. The summed E-state index contributed by atoms with van der Waals surface area (Å²) in [5.74, 6) is 1.04. The summed E-state index contributed by atoms with van der Waals surface area (Å²) in [5.41, 5.74) is 6.54. The topological polar surface area (TPSA) is 48.1 Å².